The van der Waals surface area contributed by atoms with Crippen LogP contribution in [0.3, 0.4) is 0 Å². The maximum atomic E-state index is 6.38. The van der Waals surface area contributed by atoms with Crippen LogP contribution in [-0.2, 0) is 5.54 Å². The summed E-state index contributed by atoms with van der Waals surface area (Å²) in [6, 6.07) is 9.73. The highest BCUT2D eigenvalue weighted by atomic mass is 35.5. The number of oxazole rings is 1. The van der Waals surface area contributed by atoms with Crippen LogP contribution in [0.15, 0.2) is 39.3 Å². The van der Waals surface area contributed by atoms with Gasteiger partial charge in [-0.2, -0.15) is 4.98 Å². The number of benzene rings is 1. The molecule has 24 heavy (non-hydrogen) atoms. The van der Waals surface area contributed by atoms with E-state index in [1.807, 2.05) is 37.3 Å². The van der Waals surface area contributed by atoms with Crippen LogP contribution < -0.4 is 5.73 Å². The SMILES string of the molecule is Cc1oc(-c2ccccc2)nc1-c1nc(C2(N)CCCC2)no1.Cl. The number of aryl methyl sites for hydroxylation is 1. The van der Waals surface area contributed by atoms with Gasteiger partial charge in [0.25, 0.3) is 5.89 Å². The van der Waals surface area contributed by atoms with Gasteiger partial charge in [0.15, 0.2) is 11.5 Å². The lowest BCUT2D eigenvalue weighted by Gasteiger charge is -2.17. The summed E-state index contributed by atoms with van der Waals surface area (Å²) in [5.41, 5.74) is 7.39. The van der Waals surface area contributed by atoms with E-state index in [2.05, 4.69) is 15.1 Å². The number of nitrogens with two attached hydrogens (primary N) is 1. The molecule has 0 amide bonds. The third kappa shape index (κ3) is 2.83. The van der Waals surface area contributed by atoms with Crippen molar-refractivity contribution in [2.45, 2.75) is 38.1 Å². The molecule has 6 nitrogen and oxygen atoms in total. The van der Waals surface area contributed by atoms with Crippen molar-refractivity contribution in [3.05, 3.63) is 41.9 Å². The number of hydrogen-bond donors (Lipinski definition) is 1. The molecule has 1 aliphatic rings. The third-order valence-corrected chi connectivity index (χ3v) is 4.39. The normalized spacial score (nSPS) is 16.1. The average Bonchev–Trinajstić information content (AvgIpc) is 3.28. The fourth-order valence-electron chi connectivity index (χ4n) is 3.05. The van der Waals surface area contributed by atoms with Crippen molar-refractivity contribution in [3.63, 3.8) is 0 Å². The molecule has 1 saturated carbocycles. The highest BCUT2D eigenvalue weighted by Gasteiger charge is 2.36. The molecular weight excluding hydrogens is 328 g/mol. The van der Waals surface area contributed by atoms with Crippen LogP contribution in [-0.4, -0.2) is 15.1 Å². The highest BCUT2D eigenvalue weighted by Crippen LogP contribution is 2.36. The van der Waals surface area contributed by atoms with E-state index in [9.17, 15) is 0 Å². The van der Waals surface area contributed by atoms with Gasteiger partial charge in [-0.25, -0.2) is 4.98 Å². The van der Waals surface area contributed by atoms with Crippen molar-refractivity contribution in [2.24, 2.45) is 5.73 Å². The van der Waals surface area contributed by atoms with Crippen LogP contribution in [0.1, 0.15) is 37.3 Å². The molecule has 7 heteroatoms. The maximum absolute atomic E-state index is 6.38. The molecule has 3 aromatic rings. The standard InChI is InChI=1S/C17H18N4O2.ClH/c1-11-13(19-14(22-11)12-7-3-2-4-8-12)15-20-16(21-23-15)17(18)9-5-6-10-17;/h2-4,7-8H,5-6,9-10,18H2,1H3;1H. The molecule has 0 atom stereocenters. The second-order valence-electron chi connectivity index (χ2n) is 6.08. The van der Waals surface area contributed by atoms with Gasteiger partial charge in [-0.3, -0.25) is 0 Å². The number of rotatable bonds is 3. The van der Waals surface area contributed by atoms with Crippen LogP contribution in [0.25, 0.3) is 23.0 Å². The molecule has 1 fully saturated rings. The molecule has 1 aliphatic carbocycles. The molecule has 0 aliphatic heterocycles. The van der Waals surface area contributed by atoms with E-state index in [-0.39, 0.29) is 12.4 Å². The minimum atomic E-state index is -0.471. The smallest absolute Gasteiger partial charge is 0.280 e. The van der Waals surface area contributed by atoms with Crippen molar-refractivity contribution in [3.8, 4) is 23.0 Å². The van der Waals surface area contributed by atoms with E-state index in [4.69, 9.17) is 14.7 Å². The van der Waals surface area contributed by atoms with E-state index < -0.39 is 5.54 Å². The van der Waals surface area contributed by atoms with E-state index in [1.165, 1.54) is 0 Å². The highest BCUT2D eigenvalue weighted by molar-refractivity contribution is 5.85. The van der Waals surface area contributed by atoms with Gasteiger partial charge in [-0.1, -0.05) is 36.2 Å². The lowest BCUT2D eigenvalue weighted by molar-refractivity contribution is 0.372. The maximum Gasteiger partial charge on any atom is 0.280 e. The largest absolute Gasteiger partial charge is 0.441 e. The third-order valence-electron chi connectivity index (χ3n) is 4.39. The van der Waals surface area contributed by atoms with Crippen LogP contribution >= 0.6 is 12.4 Å². The number of hydrogen-bond acceptors (Lipinski definition) is 6. The zero-order valence-corrected chi connectivity index (χ0v) is 14.2. The van der Waals surface area contributed by atoms with E-state index in [0.717, 1.165) is 31.2 Å². The zero-order valence-electron chi connectivity index (χ0n) is 13.4. The minimum Gasteiger partial charge on any atom is -0.441 e. The van der Waals surface area contributed by atoms with E-state index in [0.29, 0.717) is 29.1 Å². The Bertz CT molecular complexity index is 822. The Kier molecular flexibility index (Phi) is 4.43. The summed E-state index contributed by atoms with van der Waals surface area (Å²) in [7, 11) is 0. The van der Waals surface area contributed by atoms with Crippen molar-refractivity contribution in [2.75, 3.05) is 0 Å². The Morgan fingerprint density at radius 1 is 1.04 bits per heavy atom. The predicted molar refractivity (Wildman–Crippen MR) is 91.5 cm³/mol. The summed E-state index contributed by atoms with van der Waals surface area (Å²) < 4.78 is 11.1. The zero-order chi connectivity index (χ0) is 15.9. The first kappa shape index (κ1) is 16.7. The second kappa shape index (κ2) is 6.37. The van der Waals surface area contributed by atoms with Crippen molar-refractivity contribution in [1.29, 1.82) is 0 Å². The fraction of sp³-hybridized carbons (Fsp3) is 0.353. The van der Waals surface area contributed by atoms with Gasteiger partial charge in [-0.15, -0.1) is 12.4 Å². The Morgan fingerprint density at radius 3 is 2.46 bits per heavy atom. The van der Waals surface area contributed by atoms with Crippen LogP contribution in [0.5, 0.6) is 0 Å². The fourth-order valence-corrected chi connectivity index (χ4v) is 3.05. The summed E-state index contributed by atoms with van der Waals surface area (Å²) in [6.07, 6.45) is 3.97. The second-order valence-corrected chi connectivity index (χ2v) is 6.08. The molecule has 2 heterocycles. The van der Waals surface area contributed by atoms with Crippen LogP contribution in [0.4, 0.5) is 0 Å². The predicted octanol–water partition coefficient (Wildman–Crippen LogP) is 3.85. The first-order chi connectivity index (χ1) is 11.2. The molecule has 0 unspecified atom stereocenters. The van der Waals surface area contributed by atoms with Gasteiger partial charge in [-0.05, 0) is 31.9 Å². The Morgan fingerprint density at radius 2 is 1.75 bits per heavy atom. The van der Waals surface area contributed by atoms with Gasteiger partial charge in [0.2, 0.25) is 5.89 Å². The summed E-state index contributed by atoms with van der Waals surface area (Å²) in [5, 5.41) is 4.08. The summed E-state index contributed by atoms with van der Waals surface area (Å²) in [5.74, 6) is 2.12. The molecule has 0 bridgehead atoms. The Hall–Kier alpha value is -2.18. The Balaban J connectivity index is 0.00000169. The molecule has 0 spiro atoms. The quantitative estimate of drug-likeness (QED) is 0.774. The van der Waals surface area contributed by atoms with Gasteiger partial charge in [0, 0.05) is 5.56 Å². The molecule has 2 N–H and O–H groups in total. The summed E-state index contributed by atoms with van der Waals surface area (Å²) in [6.45, 7) is 1.84. The number of halogens is 1. The van der Waals surface area contributed by atoms with Crippen molar-refractivity contribution >= 4 is 12.4 Å². The lowest BCUT2D eigenvalue weighted by Crippen LogP contribution is -2.34. The van der Waals surface area contributed by atoms with Gasteiger partial charge in [0.1, 0.15) is 5.76 Å². The number of aromatic nitrogens is 3. The van der Waals surface area contributed by atoms with Gasteiger partial charge < -0.3 is 14.7 Å². The lowest BCUT2D eigenvalue weighted by atomic mass is 9.99. The molecule has 0 radical (unpaired) electrons. The monoisotopic (exact) mass is 346 g/mol. The van der Waals surface area contributed by atoms with Gasteiger partial charge >= 0.3 is 0 Å². The first-order valence-corrected chi connectivity index (χ1v) is 7.82. The van der Waals surface area contributed by atoms with Gasteiger partial charge in [0.05, 0.1) is 5.54 Å². The summed E-state index contributed by atoms with van der Waals surface area (Å²) in [4.78, 5) is 8.99. The molecule has 126 valence electrons. The molecule has 0 saturated heterocycles. The average molecular weight is 347 g/mol. The molecular formula is C17H19ClN4O2. The number of nitrogens with zero attached hydrogens (tertiary/aromatic N) is 3. The minimum absolute atomic E-state index is 0. The topological polar surface area (TPSA) is 91.0 Å². The summed E-state index contributed by atoms with van der Waals surface area (Å²) >= 11 is 0. The molecule has 1 aromatic carbocycles. The first-order valence-electron chi connectivity index (χ1n) is 7.82. The Labute approximate surface area is 145 Å². The molecule has 2 aromatic heterocycles. The van der Waals surface area contributed by atoms with Crippen molar-refractivity contribution in [1.82, 2.24) is 15.1 Å². The van der Waals surface area contributed by atoms with E-state index >= 15 is 0 Å². The van der Waals surface area contributed by atoms with E-state index in [1.54, 1.807) is 0 Å². The van der Waals surface area contributed by atoms with Crippen LogP contribution in [0, 0.1) is 6.92 Å². The van der Waals surface area contributed by atoms with Crippen molar-refractivity contribution < 1.29 is 8.94 Å². The molecule has 4 rings (SSSR count). The van der Waals surface area contributed by atoms with Crippen LogP contribution in [0.2, 0.25) is 0 Å².